The number of ether oxygens (including phenoxy) is 2. The first kappa shape index (κ1) is 16.5. The molecule has 0 aromatic rings. The summed E-state index contributed by atoms with van der Waals surface area (Å²) in [5.74, 6) is -1.31. The molecule has 22 heavy (non-hydrogen) atoms. The van der Waals surface area contributed by atoms with Crippen molar-refractivity contribution >= 4 is 11.9 Å². The van der Waals surface area contributed by atoms with Gasteiger partial charge in [0.15, 0.2) is 0 Å². The van der Waals surface area contributed by atoms with Gasteiger partial charge in [-0.1, -0.05) is 18.2 Å². The van der Waals surface area contributed by atoms with Crippen LogP contribution in [-0.4, -0.2) is 35.4 Å². The zero-order valence-corrected chi connectivity index (χ0v) is 13.2. The quantitative estimate of drug-likeness (QED) is 0.456. The molecule has 0 aromatic carbocycles. The van der Waals surface area contributed by atoms with Crippen LogP contribution in [-0.2, 0) is 19.1 Å². The summed E-state index contributed by atoms with van der Waals surface area (Å²) < 4.78 is 10.8. The molecule has 1 aliphatic carbocycles. The highest BCUT2D eigenvalue weighted by Gasteiger charge is 2.44. The summed E-state index contributed by atoms with van der Waals surface area (Å²) in [6.07, 6.45) is 2.94. The van der Waals surface area contributed by atoms with E-state index >= 15 is 0 Å². The van der Waals surface area contributed by atoms with Crippen LogP contribution in [0, 0.1) is 5.92 Å². The fraction of sp³-hybridized carbons (Fsp3) is 0.529. The first-order valence-electron chi connectivity index (χ1n) is 7.38. The van der Waals surface area contributed by atoms with Gasteiger partial charge in [0.1, 0.15) is 12.2 Å². The zero-order chi connectivity index (χ0) is 16.4. The first-order chi connectivity index (χ1) is 10.3. The van der Waals surface area contributed by atoms with Gasteiger partial charge < -0.3 is 14.6 Å². The van der Waals surface area contributed by atoms with Gasteiger partial charge in [0.25, 0.3) is 0 Å². The van der Waals surface area contributed by atoms with Crippen molar-refractivity contribution in [2.24, 2.45) is 5.92 Å². The number of carbonyl (C=O) groups excluding carboxylic acids is 2. The molecule has 1 saturated heterocycles. The van der Waals surface area contributed by atoms with Crippen LogP contribution in [0.3, 0.4) is 0 Å². The molecule has 4 atom stereocenters. The number of hydrogen-bond donors (Lipinski definition) is 1. The van der Waals surface area contributed by atoms with Gasteiger partial charge in [0, 0.05) is 18.9 Å². The van der Waals surface area contributed by atoms with Crippen molar-refractivity contribution in [2.45, 2.75) is 51.9 Å². The number of esters is 2. The Morgan fingerprint density at radius 1 is 1.45 bits per heavy atom. The van der Waals surface area contributed by atoms with E-state index in [9.17, 15) is 14.7 Å². The number of hydrogen-bond acceptors (Lipinski definition) is 5. The topological polar surface area (TPSA) is 72.8 Å². The highest BCUT2D eigenvalue weighted by molar-refractivity contribution is 5.91. The molecule has 120 valence electrons. The third-order valence-electron chi connectivity index (χ3n) is 4.15. The Hall–Kier alpha value is -1.88. The molecular weight excluding hydrogens is 284 g/mol. The van der Waals surface area contributed by atoms with Crippen LogP contribution in [0.5, 0.6) is 0 Å². The number of carbonyl (C=O) groups is 2. The van der Waals surface area contributed by atoms with E-state index in [1.165, 1.54) is 6.92 Å². The molecule has 5 nitrogen and oxygen atoms in total. The summed E-state index contributed by atoms with van der Waals surface area (Å²) in [4.78, 5) is 23.3. The minimum absolute atomic E-state index is 0.308. The molecular formula is C17H22O5. The van der Waals surface area contributed by atoms with E-state index in [2.05, 4.69) is 6.58 Å². The molecule has 0 bridgehead atoms. The van der Waals surface area contributed by atoms with Gasteiger partial charge in [-0.15, -0.1) is 0 Å². The van der Waals surface area contributed by atoms with Crippen molar-refractivity contribution in [3.8, 4) is 0 Å². The Labute approximate surface area is 130 Å². The summed E-state index contributed by atoms with van der Waals surface area (Å²) in [5, 5.41) is 10.1. The number of aliphatic hydroxyl groups is 1. The molecule has 0 unspecified atom stereocenters. The van der Waals surface area contributed by atoms with Gasteiger partial charge in [-0.2, -0.15) is 0 Å². The maximum atomic E-state index is 11.9. The summed E-state index contributed by atoms with van der Waals surface area (Å²) in [6.45, 7) is 8.85. The van der Waals surface area contributed by atoms with Crippen LogP contribution in [0.2, 0.25) is 0 Å². The minimum Gasteiger partial charge on any atom is -0.461 e. The molecule has 0 saturated carbocycles. The van der Waals surface area contributed by atoms with Crippen LogP contribution >= 0.6 is 0 Å². The minimum atomic E-state index is -0.617. The van der Waals surface area contributed by atoms with Gasteiger partial charge in [-0.3, -0.25) is 4.79 Å². The predicted molar refractivity (Wildman–Crippen MR) is 80.8 cm³/mol. The second-order valence-corrected chi connectivity index (χ2v) is 5.99. The maximum absolute atomic E-state index is 11.9. The monoisotopic (exact) mass is 306 g/mol. The predicted octanol–water partition coefficient (Wildman–Crippen LogP) is 2.06. The molecule has 2 rings (SSSR count). The van der Waals surface area contributed by atoms with E-state index in [4.69, 9.17) is 9.47 Å². The van der Waals surface area contributed by atoms with Crippen molar-refractivity contribution in [3.05, 3.63) is 35.5 Å². The molecule has 1 fully saturated rings. The van der Waals surface area contributed by atoms with Crippen LogP contribution in [0.4, 0.5) is 0 Å². The van der Waals surface area contributed by atoms with Crippen molar-refractivity contribution in [1.29, 1.82) is 0 Å². The Balaban J connectivity index is 2.43. The summed E-state index contributed by atoms with van der Waals surface area (Å²) in [6, 6.07) is 0. The normalized spacial score (nSPS) is 37.3. The van der Waals surface area contributed by atoms with Crippen molar-refractivity contribution in [2.75, 3.05) is 0 Å². The van der Waals surface area contributed by atoms with Gasteiger partial charge in [0.05, 0.1) is 12.0 Å². The molecule has 0 radical (unpaired) electrons. The van der Waals surface area contributed by atoms with Crippen molar-refractivity contribution in [3.63, 3.8) is 0 Å². The number of fused-ring (bicyclic) bond motifs is 1. The summed E-state index contributed by atoms with van der Waals surface area (Å²) >= 11 is 0. The largest absolute Gasteiger partial charge is 0.461 e. The SMILES string of the molecule is C=C1C(=O)O[C@@H]2/C=C(\C)[C@@H](O)C/C=C(\C)C[C@H](OC(C)=O)[C@@H]12. The van der Waals surface area contributed by atoms with Crippen LogP contribution in [0.1, 0.15) is 33.6 Å². The summed E-state index contributed by atoms with van der Waals surface area (Å²) in [7, 11) is 0. The lowest BCUT2D eigenvalue weighted by atomic mass is 9.85. The van der Waals surface area contributed by atoms with E-state index < -0.39 is 36.2 Å². The lowest BCUT2D eigenvalue weighted by molar-refractivity contribution is -0.149. The molecule has 1 aliphatic heterocycles. The van der Waals surface area contributed by atoms with E-state index in [0.29, 0.717) is 18.4 Å². The van der Waals surface area contributed by atoms with E-state index in [-0.39, 0.29) is 0 Å². The van der Waals surface area contributed by atoms with E-state index in [1.54, 1.807) is 13.0 Å². The Morgan fingerprint density at radius 2 is 2.14 bits per heavy atom. The highest BCUT2D eigenvalue weighted by Crippen LogP contribution is 2.36. The van der Waals surface area contributed by atoms with Crippen LogP contribution in [0.15, 0.2) is 35.5 Å². The number of rotatable bonds is 1. The lowest BCUT2D eigenvalue weighted by Gasteiger charge is -2.27. The zero-order valence-electron chi connectivity index (χ0n) is 13.2. The standard InChI is InChI=1S/C17H22O5/c1-9-5-6-13(19)10(2)8-15-16(11(3)17(20)22-15)14(7-9)21-12(4)18/h5,8,13-16,19H,3,6-7H2,1-2,4H3/b9-5+,10-8+/t13-,14-,15+,16+/m0/s1. The Bertz CT molecular complexity index is 557. The van der Waals surface area contributed by atoms with Gasteiger partial charge in [0.2, 0.25) is 0 Å². The second-order valence-electron chi connectivity index (χ2n) is 5.99. The van der Waals surface area contributed by atoms with Crippen molar-refractivity contribution in [1.82, 2.24) is 0 Å². The molecule has 0 spiro atoms. The summed E-state index contributed by atoms with van der Waals surface area (Å²) in [5.41, 5.74) is 2.03. The molecule has 0 amide bonds. The first-order valence-corrected chi connectivity index (χ1v) is 7.38. The van der Waals surface area contributed by atoms with E-state index in [0.717, 1.165) is 11.1 Å². The molecule has 1 N–H and O–H groups in total. The van der Waals surface area contributed by atoms with Gasteiger partial charge >= 0.3 is 11.9 Å². The van der Waals surface area contributed by atoms with E-state index in [1.807, 2.05) is 13.0 Å². The third kappa shape index (κ3) is 3.47. The average Bonchev–Trinajstić information content (AvgIpc) is 2.69. The van der Waals surface area contributed by atoms with Crippen LogP contribution < -0.4 is 0 Å². The Kier molecular flexibility index (Phi) is 4.86. The highest BCUT2D eigenvalue weighted by atomic mass is 16.6. The average molecular weight is 306 g/mol. The van der Waals surface area contributed by atoms with Gasteiger partial charge in [-0.25, -0.2) is 4.79 Å². The van der Waals surface area contributed by atoms with Crippen LogP contribution in [0.25, 0.3) is 0 Å². The third-order valence-corrected chi connectivity index (χ3v) is 4.15. The second kappa shape index (κ2) is 6.48. The molecule has 0 aromatic heterocycles. The molecule has 5 heteroatoms. The Morgan fingerprint density at radius 3 is 2.77 bits per heavy atom. The molecule has 2 aliphatic rings. The smallest absolute Gasteiger partial charge is 0.334 e. The lowest BCUT2D eigenvalue weighted by Crippen LogP contribution is -2.33. The fourth-order valence-electron chi connectivity index (χ4n) is 2.91. The fourth-order valence-corrected chi connectivity index (χ4v) is 2.91. The van der Waals surface area contributed by atoms with Gasteiger partial charge in [-0.05, 0) is 31.9 Å². The van der Waals surface area contributed by atoms with Crippen molar-refractivity contribution < 1.29 is 24.2 Å². The maximum Gasteiger partial charge on any atom is 0.334 e. The number of aliphatic hydroxyl groups excluding tert-OH is 1. The molecule has 1 heterocycles.